The molecule has 2 aromatic carbocycles. The summed E-state index contributed by atoms with van der Waals surface area (Å²) in [6, 6.07) is 17.0. The first-order chi connectivity index (χ1) is 14.1. The molecular formula is C23H25NO5. The van der Waals surface area contributed by atoms with Crippen LogP contribution >= 0.6 is 0 Å². The SMILES string of the molecule is CCOC(=O)C1CCN(C(=O)COC(=O)c2ccc(-c3ccccc3)cc2)CC1. The summed E-state index contributed by atoms with van der Waals surface area (Å²) >= 11 is 0. The lowest BCUT2D eigenvalue weighted by atomic mass is 9.97. The molecule has 6 nitrogen and oxygen atoms in total. The van der Waals surface area contributed by atoms with E-state index in [9.17, 15) is 14.4 Å². The Bertz CT molecular complexity index is 839. The highest BCUT2D eigenvalue weighted by Gasteiger charge is 2.28. The number of amides is 1. The molecule has 0 N–H and O–H groups in total. The van der Waals surface area contributed by atoms with Crippen molar-refractivity contribution in [1.29, 1.82) is 0 Å². The van der Waals surface area contributed by atoms with Gasteiger partial charge in [0.25, 0.3) is 5.91 Å². The molecule has 0 saturated carbocycles. The summed E-state index contributed by atoms with van der Waals surface area (Å²) in [5.74, 6) is -1.14. The lowest BCUT2D eigenvalue weighted by molar-refractivity contribution is -0.151. The van der Waals surface area contributed by atoms with E-state index in [-0.39, 0.29) is 24.4 Å². The van der Waals surface area contributed by atoms with Crippen molar-refractivity contribution in [2.24, 2.45) is 5.92 Å². The number of likely N-dealkylation sites (tertiary alicyclic amines) is 1. The van der Waals surface area contributed by atoms with Gasteiger partial charge in [0.1, 0.15) is 0 Å². The molecule has 0 bridgehead atoms. The average Bonchev–Trinajstić information content (AvgIpc) is 2.78. The van der Waals surface area contributed by atoms with E-state index >= 15 is 0 Å². The molecule has 1 fully saturated rings. The Morgan fingerprint density at radius 3 is 2.14 bits per heavy atom. The highest BCUT2D eigenvalue weighted by atomic mass is 16.5. The Kier molecular flexibility index (Phi) is 7.00. The van der Waals surface area contributed by atoms with Gasteiger partial charge >= 0.3 is 11.9 Å². The maximum atomic E-state index is 12.3. The second-order valence-electron chi connectivity index (χ2n) is 6.93. The quantitative estimate of drug-likeness (QED) is 0.702. The first-order valence-corrected chi connectivity index (χ1v) is 9.85. The number of ether oxygens (including phenoxy) is 2. The van der Waals surface area contributed by atoms with Gasteiger partial charge in [-0.15, -0.1) is 0 Å². The van der Waals surface area contributed by atoms with Crippen LogP contribution in [0.1, 0.15) is 30.1 Å². The predicted molar refractivity (Wildman–Crippen MR) is 108 cm³/mol. The second kappa shape index (κ2) is 9.87. The third-order valence-corrected chi connectivity index (χ3v) is 5.02. The third kappa shape index (κ3) is 5.44. The number of esters is 2. The van der Waals surface area contributed by atoms with E-state index < -0.39 is 5.97 Å². The number of piperidine rings is 1. The van der Waals surface area contributed by atoms with Crippen LogP contribution in [0, 0.1) is 5.92 Å². The fraction of sp³-hybridized carbons (Fsp3) is 0.348. The van der Waals surface area contributed by atoms with Crippen molar-refractivity contribution in [3.05, 3.63) is 60.2 Å². The van der Waals surface area contributed by atoms with Crippen LogP contribution in [-0.4, -0.2) is 49.0 Å². The van der Waals surface area contributed by atoms with Crippen LogP contribution in [0.15, 0.2) is 54.6 Å². The fourth-order valence-corrected chi connectivity index (χ4v) is 3.36. The molecule has 1 heterocycles. The molecule has 0 spiro atoms. The minimum Gasteiger partial charge on any atom is -0.466 e. The Morgan fingerprint density at radius 1 is 0.897 bits per heavy atom. The molecule has 1 aliphatic heterocycles. The highest BCUT2D eigenvalue weighted by Crippen LogP contribution is 2.20. The first kappa shape index (κ1) is 20.6. The Morgan fingerprint density at radius 2 is 1.52 bits per heavy atom. The van der Waals surface area contributed by atoms with Gasteiger partial charge in [-0.3, -0.25) is 9.59 Å². The monoisotopic (exact) mass is 395 g/mol. The van der Waals surface area contributed by atoms with Crippen LogP contribution in [0.2, 0.25) is 0 Å². The van der Waals surface area contributed by atoms with E-state index in [1.54, 1.807) is 24.0 Å². The van der Waals surface area contributed by atoms with E-state index in [4.69, 9.17) is 9.47 Å². The van der Waals surface area contributed by atoms with Gasteiger partial charge in [-0.25, -0.2) is 4.79 Å². The number of benzene rings is 2. The van der Waals surface area contributed by atoms with E-state index in [1.807, 2.05) is 42.5 Å². The van der Waals surface area contributed by atoms with E-state index in [0.717, 1.165) is 11.1 Å². The van der Waals surface area contributed by atoms with E-state index in [1.165, 1.54) is 0 Å². The molecule has 1 amide bonds. The topological polar surface area (TPSA) is 72.9 Å². The van der Waals surface area contributed by atoms with Crippen molar-refractivity contribution in [2.75, 3.05) is 26.3 Å². The van der Waals surface area contributed by atoms with Crippen LogP contribution < -0.4 is 0 Å². The summed E-state index contributed by atoms with van der Waals surface area (Å²) < 4.78 is 10.2. The predicted octanol–water partition coefficient (Wildman–Crippen LogP) is 3.31. The molecule has 6 heteroatoms. The summed E-state index contributed by atoms with van der Waals surface area (Å²) in [6.45, 7) is 2.76. The van der Waals surface area contributed by atoms with Crippen molar-refractivity contribution in [1.82, 2.24) is 4.90 Å². The van der Waals surface area contributed by atoms with Gasteiger partial charge in [0, 0.05) is 13.1 Å². The van der Waals surface area contributed by atoms with Crippen molar-refractivity contribution < 1.29 is 23.9 Å². The van der Waals surface area contributed by atoms with Gasteiger partial charge in [-0.2, -0.15) is 0 Å². The van der Waals surface area contributed by atoms with Crippen LogP contribution in [0.25, 0.3) is 11.1 Å². The maximum absolute atomic E-state index is 12.3. The summed E-state index contributed by atoms with van der Waals surface area (Å²) in [5.41, 5.74) is 2.47. The third-order valence-electron chi connectivity index (χ3n) is 5.02. The summed E-state index contributed by atoms with van der Waals surface area (Å²) in [4.78, 5) is 37.9. The normalized spacial score (nSPS) is 14.3. The number of rotatable bonds is 6. The van der Waals surface area contributed by atoms with Gasteiger partial charge in [-0.1, -0.05) is 42.5 Å². The van der Waals surface area contributed by atoms with Gasteiger partial charge in [0.15, 0.2) is 6.61 Å². The molecule has 1 aliphatic rings. The van der Waals surface area contributed by atoms with Gasteiger partial charge in [0.2, 0.25) is 0 Å². The maximum Gasteiger partial charge on any atom is 0.338 e. The molecule has 0 radical (unpaired) electrons. The summed E-state index contributed by atoms with van der Waals surface area (Å²) in [6.07, 6.45) is 1.14. The molecule has 2 aromatic rings. The van der Waals surface area contributed by atoms with Crippen molar-refractivity contribution in [3.8, 4) is 11.1 Å². The number of carbonyl (C=O) groups is 3. The van der Waals surface area contributed by atoms with Gasteiger partial charge in [0.05, 0.1) is 18.1 Å². The number of carbonyl (C=O) groups excluding carboxylic acids is 3. The summed E-state index contributed by atoms with van der Waals surface area (Å²) in [5, 5.41) is 0. The highest BCUT2D eigenvalue weighted by molar-refractivity contribution is 5.92. The van der Waals surface area contributed by atoms with Crippen LogP contribution in [0.5, 0.6) is 0 Å². The van der Waals surface area contributed by atoms with Crippen LogP contribution in [-0.2, 0) is 19.1 Å². The van der Waals surface area contributed by atoms with Gasteiger partial charge < -0.3 is 14.4 Å². The molecule has 29 heavy (non-hydrogen) atoms. The minimum absolute atomic E-state index is 0.162. The largest absolute Gasteiger partial charge is 0.466 e. The zero-order chi connectivity index (χ0) is 20.6. The molecular weight excluding hydrogens is 370 g/mol. The van der Waals surface area contributed by atoms with Gasteiger partial charge in [-0.05, 0) is 43.0 Å². The Labute approximate surface area is 170 Å². The minimum atomic E-state index is -0.528. The molecule has 0 unspecified atom stereocenters. The molecule has 152 valence electrons. The molecule has 3 rings (SSSR count). The lowest BCUT2D eigenvalue weighted by Crippen LogP contribution is -2.42. The lowest BCUT2D eigenvalue weighted by Gasteiger charge is -2.30. The summed E-state index contributed by atoms with van der Waals surface area (Å²) in [7, 11) is 0. The average molecular weight is 395 g/mol. The molecule has 0 aliphatic carbocycles. The van der Waals surface area contributed by atoms with Crippen molar-refractivity contribution >= 4 is 17.8 Å². The van der Waals surface area contributed by atoms with E-state index in [0.29, 0.717) is 38.1 Å². The second-order valence-corrected chi connectivity index (χ2v) is 6.93. The molecule has 0 atom stereocenters. The zero-order valence-electron chi connectivity index (χ0n) is 16.5. The molecule has 0 aromatic heterocycles. The number of hydrogen-bond donors (Lipinski definition) is 0. The first-order valence-electron chi connectivity index (χ1n) is 9.85. The molecule has 1 saturated heterocycles. The zero-order valence-corrected chi connectivity index (χ0v) is 16.5. The smallest absolute Gasteiger partial charge is 0.338 e. The van der Waals surface area contributed by atoms with Crippen molar-refractivity contribution in [3.63, 3.8) is 0 Å². The Hall–Kier alpha value is -3.15. The standard InChI is InChI=1S/C23H25NO5/c1-2-28-22(26)20-12-14-24(15-13-20)21(25)16-29-23(27)19-10-8-18(9-11-19)17-6-4-3-5-7-17/h3-11,20H,2,12-16H2,1H3. The fourth-order valence-electron chi connectivity index (χ4n) is 3.36. The van der Waals surface area contributed by atoms with Crippen LogP contribution in [0.3, 0.4) is 0 Å². The van der Waals surface area contributed by atoms with Crippen LogP contribution in [0.4, 0.5) is 0 Å². The number of nitrogens with zero attached hydrogens (tertiary/aromatic N) is 1. The van der Waals surface area contributed by atoms with Crippen molar-refractivity contribution in [2.45, 2.75) is 19.8 Å². The van der Waals surface area contributed by atoms with E-state index in [2.05, 4.69) is 0 Å². The Balaban J connectivity index is 1.47. The number of hydrogen-bond acceptors (Lipinski definition) is 5.